The summed E-state index contributed by atoms with van der Waals surface area (Å²) in [5, 5.41) is 3.18. The van der Waals surface area contributed by atoms with Gasteiger partial charge in [0.15, 0.2) is 0 Å². The number of aromatic nitrogens is 2. The summed E-state index contributed by atoms with van der Waals surface area (Å²) in [7, 11) is 0. The first-order valence-electron chi connectivity index (χ1n) is 6.87. The molecule has 0 spiro atoms. The number of nitrogens with one attached hydrogen (secondary N) is 1. The molecule has 0 aliphatic heterocycles. The predicted molar refractivity (Wildman–Crippen MR) is 74.4 cm³/mol. The molecule has 1 atom stereocenters. The summed E-state index contributed by atoms with van der Waals surface area (Å²) in [5.41, 5.74) is 0.0295. The Hall–Kier alpha value is -1.75. The molecule has 0 amide bonds. The fourth-order valence-corrected chi connectivity index (χ4v) is 2.25. The summed E-state index contributed by atoms with van der Waals surface area (Å²) < 4.78 is 30.0. The number of halogens is 2. The minimum atomic E-state index is -0.578. The molecule has 20 heavy (non-hydrogen) atoms. The Kier molecular flexibility index (Phi) is 4.84. The van der Waals surface area contributed by atoms with E-state index < -0.39 is 17.7 Å². The first-order chi connectivity index (χ1) is 9.69. The van der Waals surface area contributed by atoms with Crippen molar-refractivity contribution in [2.45, 2.75) is 32.9 Å². The van der Waals surface area contributed by atoms with E-state index in [2.05, 4.69) is 10.3 Å². The van der Waals surface area contributed by atoms with Gasteiger partial charge in [-0.3, -0.25) is 0 Å². The standard InChI is InChI=1S/C15H19F2N3/c1-3-8-18-14(15-19-9-10-20(15)4-2)13-11(16)6-5-7-12(13)17/h5-7,9-10,14,18H,3-4,8H2,1-2H3. The maximum absolute atomic E-state index is 14.0. The van der Waals surface area contributed by atoms with E-state index in [1.807, 2.05) is 24.6 Å². The maximum Gasteiger partial charge on any atom is 0.131 e. The van der Waals surface area contributed by atoms with Crippen molar-refractivity contribution in [3.8, 4) is 0 Å². The monoisotopic (exact) mass is 279 g/mol. The number of hydrogen-bond acceptors (Lipinski definition) is 2. The molecular formula is C15H19F2N3. The number of hydrogen-bond donors (Lipinski definition) is 1. The van der Waals surface area contributed by atoms with Gasteiger partial charge in [0, 0.05) is 24.5 Å². The SMILES string of the molecule is CCCNC(c1c(F)cccc1F)c1nccn1CC. The van der Waals surface area contributed by atoms with Crippen molar-refractivity contribution in [3.63, 3.8) is 0 Å². The highest BCUT2D eigenvalue weighted by Gasteiger charge is 2.24. The molecule has 2 aromatic rings. The van der Waals surface area contributed by atoms with E-state index in [4.69, 9.17) is 0 Å². The Bertz CT molecular complexity index is 546. The zero-order valence-electron chi connectivity index (χ0n) is 11.7. The van der Waals surface area contributed by atoms with Crippen LogP contribution in [-0.2, 0) is 6.54 Å². The quantitative estimate of drug-likeness (QED) is 0.879. The third-order valence-corrected chi connectivity index (χ3v) is 3.23. The minimum Gasteiger partial charge on any atom is -0.334 e. The lowest BCUT2D eigenvalue weighted by Crippen LogP contribution is -2.28. The summed E-state index contributed by atoms with van der Waals surface area (Å²) in [5.74, 6) is -0.474. The largest absolute Gasteiger partial charge is 0.334 e. The van der Waals surface area contributed by atoms with Crippen molar-refractivity contribution < 1.29 is 8.78 Å². The van der Waals surface area contributed by atoms with E-state index in [-0.39, 0.29) is 5.56 Å². The third-order valence-electron chi connectivity index (χ3n) is 3.23. The molecule has 3 nitrogen and oxygen atoms in total. The van der Waals surface area contributed by atoms with Crippen LogP contribution in [0.2, 0.25) is 0 Å². The minimum absolute atomic E-state index is 0.0295. The van der Waals surface area contributed by atoms with E-state index in [1.54, 1.807) is 6.20 Å². The Balaban J connectivity index is 2.47. The maximum atomic E-state index is 14.0. The molecule has 0 saturated carbocycles. The Morgan fingerprint density at radius 3 is 2.55 bits per heavy atom. The zero-order valence-corrected chi connectivity index (χ0v) is 11.7. The van der Waals surface area contributed by atoms with Crippen LogP contribution < -0.4 is 5.32 Å². The molecule has 2 rings (SSSR count). The van der Waals surface area contributed by atoms with Gasteiger partial charge in [-0.1, -0.05) is 13.0 Å². The number of nitrogens with zero attached hydrogens (tertiary/aromatic N) is 2. The van der Waals surface area contributed by atoms with E-state index >= 15 is 0 Å². The molecule has 0 aliphatic carbocycles. The Morgan fingerprint density at radius 2 is 1.95 bits per heavy atom. The molecule has 5 heteroatoms. The normalized spacial score (nSPS) is 12.6. The molecule has 0 aliphatic rings. The smallest absolute Gasteiger partial charge is 0.131 e. The fourth-order valence-electron chi connectivity index (χ4n) is 2.25. The van der Waals surface area contributed by atoms with Crippen LogP contribution in [0.4, 0.5) is 8.78 Å². The van der Waals surface area contributed by atoms with Gasteiger partial charge in [0.2, 0.25) is 0 Å². The lowest BCUT2D eigenvalue weighted by atomic mass is 10.0. The molecule has 1 aromatic heterocycles. The average Bonchev–Trinajstić information content (AvgIpc) is 2.90. The topological polar surface area (TPSA) is 29.9 Å². The van der Waals surface area contributed by atoms with E-state index in [0.717, 1.165) is 6.42 Å². The molecule has 108 valence electrons. The van der Waals surface area contributed by atoms with Crippen LogP contribution in [0, 0.1) is 11.6 Å². The van der Waals surface area contributed by atoms with Gasteiger partial charge >= 0.3 is 0 Å². The van der Waals surface area contributed by atoms with Crippen molar-refractivity contribution in [3.05, 3.63) is 53.6 Å². The second-order valence-electron chi connectivity index (χ2n) is 4.59. The van der Waals surface area contributed by atoms with E-state index in [0.29, 0.717) is 18.9 Å². The second-order valence-corrected chi connectivity index (χ2v) is 4.59. The number of aryl methyl sites for hydroxylation is 1. The van der Waals surface area contributed by atoms with Gasteiger partial charge in [-0.15, -0.1) is 0 Å². The summed E-state index contributed by atoms with van der Waals surface area (Å²) >= 11 is 0. The van der Waals surface area contributed by atoms with Crippen molar-refractivity contribution in [1.29, 1.82) is 0 Å². The highest BCUT2D eigenvalue weighted by Crippen LogP contribution is 2.26. The summed E-state index contributed by atoms with van der Waals surface area (Å²) in [6, 6.07) is 3.35. The van der Waals surface area contributed by atoms with Gasteiger partial charge in [-0.2, -0.15) is 0 Å². The summed E-state index contributed by atoms with van der Waals surface area (Å²) in [6.07, 6.45) is 4.34. The van der Waals surface area contributed by atoms with Crippen LogP contribution in [0.15, 0.2) is 30.6 Å². The lowest BCUT2D eigenvalue weighted by Gasteiger charge is -2.20. The van der Waals surface area contributed by atoms with E-state index in [1.165, 1.54) is 18.2 Å². The molecule has 0 fully saturated rings. The summed E-state index contributed by atoms with van der Waals surface area (Å²) in [4.78, 5) is 4.27. The average molecular weight is 279 g/mol. The van der Waals surface area contributed by atoms with Gasteiger partial charge in [0.25, 0.3) is 0 Å². The second kappa shape index (κ2) is 6.61. The van der Waals surface area contributed by atoms with Gasteiger partial charge < -0.3 is 9.88 Å². The first kappa shape index (κ1) is 14.7. The predicted octanol–water partition coefficient (Wildman–Crippen LogP) is 3.27. The molecule has 1 heterocycles. The van der Waals surface area contributed by atoms with Gasteiger partial charge in [0.1, 0.15) is 17.5 Å². The molecule has 1 aromatic carbocycles. The number of imidazole rings is 1. The fraction of sp³-hybridized carbons (Fsp3) is 0.400. The van der Waals surface area contributed by atoms with Gasteiger partial charge in [0.05, 0.1) is 6.04 Å². The summed E-state index contributed by atoms with van der Waals surface area (Å²) in [6.45, 7) is 5.35. The van der Waals surface area contributed by atoms with Crippen LogP contribution in [0.5, 0.6) is 0 Å². The number of rotatable bonds is 6. The van der Waals surface area contributed by atoms with Gasteiger partial charge in [-0.25, -0.2) is 13.8 Å². The van der Waals surface area contributed by atoms with Gasteiger partial charge in [-0.05, 0) is 32.0 Å². The zero-order chi connectivity index (χ0) is 14.5. The molecule has 0 radical (unpaired) electrons. The molecular weight excluding hydrogens is 260 g/mol. The van der Waals surface area contributed by atoms with Crippen molar-refractivity contribution >= 4 is 0 Å². The van der Waals surface area contributed by atoms with Crippen molar-refractivity contribution in [2.24, 2.45) is 0 Å². The van der Waals surface area contributed by atoms with Crippen LogP contribution in [-0.4, -0.2) is 16.1 Å². The molecule has 1 N–H and O–H groups in total. The molecule has 0 bridgehead atoms. The first-order valence-corrected chi connectivity index (χ1v) is 6.87. The molecule has 1 unspecified atom stereocenters. The lowest BCUT2D eigenvalue weighted by molar-refractivity contribution is 0.478. The van der Waals surface area contributed by atoms with E-state index in [9.17, 15) is 8.78 Å². The van der Waals surface area contributed by atoms with Crippen molar-refractivity contribution in [2.75, 3.05) is 6.54 Å². The van der Waals surface area contributed by atoms with Crippen molar-refractivity contribution in [1.82, 2.24) is 14.9 Å². The Labute approximate surface area is 117 Å². The highest BCUT2D eigenvalue weighted by molar-refractivity contribution is 5.28. The molecule has 0 saturated heterocycles. The third kappa shape index (κ3) is 2.88. The highest BCUT2D eigenvalue weighted by atomic mass is 19.1. The van der Waals surface area contributed by atoms with Crippen LogP contribution in [0.25, 0.3) is 0 Å². The van der Waals surface area contributed by atoms with Crippen LogP contribution >= 0.6 is 0 Å². The van der Waals surface area contributed by atoms with Crippen LogP contribution in [0.3, 0.4) is 0 Å². The Morgan fingerprint density at radius 1 is 1.25 bits per heavy atom. The number of benzene rings is 1. The van der Waals surface area contributed by atoms with Crippen LogP contribution in [0.1, 0.15) is 37.7 Å².